The lowest BCUT2D eigenvalue weighted by atomic mass is 10.2. The van der Waals surface area contributed by atoms with Crippen molar-refractivity contribution in [3.8, 4) is 0 Å². The zero-order chi connectivity index (χ0) is 19.1. The van der Waals surface area contributed by atoms with Crippen molar-refractivity contribution in [2.45, 2.75) is 13.0 Å². The number of halogens is 1. The summed E-state index contributed by atoms with van der Waals surface area (Å²) in [6.45, 7) is 7.12. The Morgan fingerprint density at radius 2 is 1.93 bits per heavy atom. The topological polar surface area (TPSA) is 50.9 Å². The van der Waals surface area contributed by atoms with E-state index in [1.54, 1.807) is 23.2 Å². The number of pyridine rings is 1. The number of hydrogen-bond acceptors (Lipinski definition) is 2. The van der Waals surface area contributed by atoms with Crippen molar-refractivity contribution in [1.29, 1.82) is 0 Å². The molecule has 142 valence electrons. The summed E-state index contributed by atoms with van der Waals surface area (Å²) in [6, 6.07) is 13.8. The normalized spacial score (nSPS) is 21.1. The minimum Gasteiger partial charge on any atom is -0.322 e. The summed E-state index contributed by atoms with van der Waals surface area (Å²) >= 11 is 6.03. The lowest BCUT2D eigenvalue weighted by molar-refractivity contribution is -1.02. The zero-order valence-electron chi connectivity index (χ0n) is 15.6. The summed E-state index contributed by atoms with van der Waals surface area (Å²) in [4.78, 5) is 19.4. The van der Waals surface area contributed by atoms with Gasteiger partial charge in [0.1, 0.15) is 26.2 Å². The number of anilines is 1. The van der Waals surface area contributed by atoms with E-state index in [1.807, 2.05) is 13.0 Å². The highest BCUT2D eigenvalue weighted by molar-refractivity contribution is 6.32. The molecule has 1 aromatic heterocycles. The average Bonchev–Trinajstić information content (AvgIpc) is 2.70. The fourth-order valence-corrected chi connectivity index (χ4v) is 3.56. The van der Waals surface area contributed by atoms with Crippen LogP contribution in [0.15, 0.2) is 54.7 Å². The maximum absolute atomic E-state index is 12.5. The molecule has 1 amide bonds. The van der Waals surface area contributed by atoms with Gasteiger partial charge in [-0.3, -0.25) is 4.79 Å². The summed E-state index contributed by atoms with van der Waals surface area (Å²) in [5, 5.41) is 3.23. The molecule has 27 heavy (non-hydrogen) atoms. The van der Waals surface area contributed by atoms with Gasteiger partial charge in [0.05, 0.1) is 12.2 Å². The fraction of sp³-hybridized carbons (Fsp3) is 0.333. The number of quaternary nitrogens is 2. The van der Waals surface area contributed by atoms with Gasteiger partial charge in [-0.25, -0.2) is 4.98 Å². The predicted octanol–water partition coefficient (Wildman–Crippen LogP) is 0.559. The van der Waals surface area contributed by atoms with Crippen molar-refractivity contribution in [3.05, 3.63) is 65.5 Å². The molecule has 3 rings (SSSR count). The molecule has 1 saturated heterocycles. The van der Waals surface area contributed by atoms with E-state index in [0.29, 0.717) is 10.8 Å². The Labute approximate surface area is 165 Å². The van der Waals surface area contributed by atoms with Crippen molar-refractivity contribution in [2.24, 2.45) is 0 Å². The van der Waals surface area contributed by atoms with Crippen LogP contribution in [0.5, 0.6) is 0 Å². The first-order valence-corrected chi connectivity index (χ1v) is 9.82. The van der Waals surface area contributed by atoms with Gasteiger partial charge in [-0.1, -0.05) is 48.0 Å². The molecule has 0 radical (unpaired) electrons. The molecule has 3 N–H and O–H groups in total. The first kappa shape index (κ1) is 19.5. The Hall–Kier alpha value is -2.21. The van der Waals surface area contributed by atoms with Crippen LogP contribution in [0.25, 0.3) is 6.08 Å². The van der Waals surface area contributed by atoms with Gasteiger partial charge in [-0.2, -0.15) is 0 Å². The molecule has 6 heteroatoms. The lowest BCUT2D eigenvalue weighted by Gasteiger charge is -2.32. The fourth-order valence-electron chi connectivity index (χ4n) is 3.39. The number of piperazine rings is 1. The highest BCUT2D eigenvalue weighted by atomic mass is 35.5. The number of nitrogens with zero attached hydrogens (tertiary/aromatic N) is 1. The summed E-state index contributed by atoms with van der Waals surface area (Å²) in [5.74, 6) is -0.00711. The molecule has 5 nitrogen and oxygen atoms in total. The second-order valence-electron chi connectivity index (χ2n) is 6.98. The van der Waals surface area contributed by atoms with Crippen molar-refractivity contribution >= 4 is 29.3 Å². The zero-order valence-corrected chi connectivity index (χ0v) is 16.4. The molecule has 1 aliphatic rings. The van der Waals surface area contributed by atoms with E-state index >= 15 is 0 Å². The summed E-state index contributed by atoms with van der Waals surface area (Å²) < 4.78 is 0. The van der Waals surface area contributed by atoms with Gasteiger partial charge in [-0.05, 0) is 30.7 Å². The molecule has 0 unspecified atom stereocenters. The van der Waals surface area contributed by atoms with Crippen LogP contribution in [-0.2, 0) is 4.79 Å². The van der Waals surface area contributed by atoms with E-state index in [1.165, 1.54) is 10.5 Å². The molecule has 1 aromatic carbocycles. The molecule has 2 aromatic rings. The van der Waals surface area contributed by atoms with Gasteiger partial charge in [0, 0.05) is 6.20 Å². The number of carbonyl (C=O) groups is 1. The molecule has 2 heterocycles. The average molecular weight is 387 g/mol. The molecule has 0 aliphatic carbocycles. The van der Waals surface area contributed by atoms with Gasteiger partial charge in [0.2, 0.25) is 0 Å². The second kappa shape index (κ2) is 9.65. The summed E-state index contributed by atoms with van der Waals surface area (Å²) in [7, 11) is 0. The van der Waals surface area contributed by atoms with Crippen molar-refractivity contribution in [3.63, 3.8) is 0 Å². The van der Waals surface area contributed by atoms with Gasteiger partial charge in [0.25, 0.3) is 5.91 Å². The van der Waals surface area contributed by atoms with Gasteiger partial charge in [-0.15, -0.1) is 0 Å². The summed E-state index contributed by atoms with van der Waals surface area (Å²) in [6.07, 6.45) is 6.04. The first-order chi connectivity index (χ1) is 13.1. The second-order valence-corrected chi connectivity index (χ2v) is 7.34. The Kier molecular flexibility index (Phi) is 6.98. The number of aromatic nitrogens is 1. The van der Waals surface area contributed by atoms with E-state index in [-0.39, 0.29) is 11.9 Å². The molecular formula is C21H27ClN4O+2. The number of hydrogen-bond donors (Lipinski definition) is 3. The molecular weight excluding hydrogens is 360 g/mol. The minimum absolute atomic E-state index is 0.00711. The number of benzene rings is 1. The maximum atomic E-state index is 12.5. The van der Waals surface area contributed by atoms with Crippen LogP contribution in [0.4, 0.5) is 5.69 Å². The Morgan fingerprint density at radius 1 is 1.19 bits per heavy atom. The summed E-state index contributed by atoms with van der Waals surface area (Å²) in [5.41, 5.74) is 1.81. The van der Waals surface area contributed by atoms with E-state index in [9.17, 15) is 4.79 Å². The van der Waals surface area contributed by atoms with Crippen LogP contribution < -0.4 is 15.1 Å². The Balaban J connectivity index is 1.45. The minimum atomic E-state index is -0.109. The lowest BCUT2D eigenvalue weighted by Crippen LogP contribution is -3.29. The van der Waals surface area contributed by atoms with Crippen molar-refractivity contribution in [2.75, 3.05) is 38.0 Å². The predicted molar refractivity (Wildman–Crippen MR) is 109 cm³/mol. The first-order valence-electron chi connectivity index (χ1n) is 9.44. The third-order valence-electron chi connectivity index (χ3n) is 5.14. The molecule has 0 saturated carbocycles. The van der Waals surface area contributed by atoms with Gasteiger partial charge >= 0.3 is 0 Å². The monoisotopic (exact) mass is 386 g/mol. The Morgan fingerprint density at radius 3 is 2.63 bits per heavy atom. The van der Waals surface area contributed by atoms with Gasteiger partial charge in [0.15, 0.2) is 11.2 Å². The number of nitrogens with one attached hydrogen (secondary N) is 3. The highest BCUT2D eigenvalue weighted by Crippen LogP contribution is 2.17. The standard InChI is InChI=1S/C21H25ClN4O/c1-17(21(27)24-19-10-5-11-23-20(19)22)26-15-13-25(14-16-26)12-6-9-18-7-3-2-4-8-18/h2-11,17H,12-16H2,1H3,(H,24,27)/p+2/b9-6+/t17-/m0/s1. The van der Waals surface area contributed by atoms with Crippen LogP contribution in [0.1, 0.15) is 12.5 Å². The van der Waals surface area contributed by atoms with E-state index < -0.39 is 0 Å². The quantitative estimate of drug-likeness (QED) is 0.635. The van der Waals surface area contributed by atoms with Crippen LogP contribution >= 0.6 is 11.6 Å². The molecule has 1 atom stereocenters. The highest BCUT2D eigenvalue weighted by Gasteiger charge is 2.30. The number of carbonyl (C=O) groups excluding carboxylic acids is 1. The van der Waals surface area contributed by atoms with Crippen LogP contribution in [0, 0.1) is 0 Å². The van der Waals surface area contributed by atoms with Crippen molar-refractivity contribution < 1.29 is 14.6 Å². The van der Waals surface area contributed by atoms with Crippen LogP contribution in [0.3, 0.4) is 0 Å². The van der Waals surface area contributed by atoms with Crippen molar-refractivity contribution in [1.82, 2.24) is 4.98 Å². The SMILES string of the molecule is C[C@@H](C(=O)Nc1cccnc1Cl)[NH+]1CC[NH+](C/C=C/c2ccccc2)CC1. The van der Waals surface area contributed by atoms with E-state index in [0.717, 1.165) is 32.7 Å². The molecule has 1 fully saturated rings. The molecule has 0 spiro atoms. The molecule has 1 aliphatic heterocycles. The van der Waals surface area contributed by atoms with Crippen LogP contribution in [0.2, 0.25) is 5.15 Å². The maximum Gasteiger partial charge on any atom is 0.282 e. The van der Waals surface area contributed by atoms with E-state index in [4.69, 9.17) is 11.6 Å². The number of amides is 1. The third kappa shape index (κ3) is 5.63. The number of rotatable bonds is 6. The van der Waals surface area contributed by atoms with Crippen LogP contribution in [-0.4, -0.2) is 49.7 Å². The smallest absolute Gasteiger partial charge is 0.282 e. The van der Waals surface area contributed by atoms with Gasteiger partial charge < -0.3 is 15.1 Å². The third-order valence-corrected chi connectivity index (χ3v) is 5.44. The Bertz CT molecular complexity index is 773. The van der Waals surface area contributed by atoms with E-state index in [2.05, 4.69) is 46.7 Å². The largest absolute Gasteiger partial charge is 0.322 e. The molecule has 0 bridgehead atoms.